The minimum atomic E-state index is -0.530. The summed E-state index contributed by atoms with van der Waals surface area (Å²) >= 11 is 0. The second-order valence-electron chi connectivity index (χ2n) is 8.69. The Hall–Kier alpha value is -3.12. The molecular weight excluding hydrogens is 426 g/mol. The largest absolute Gasteiger partial charge is 0.493 e. The molecule has 0 aliphatic rings. The first-order chi connectivity index (χ1) is 16.6. The molecule has 1 aromatic heterocycles. The van der Waals surface area contributed by atoms with E-state index in [0.29, 0.717) is 6.61 Å². The average molecular weight is 464 g/mol. The van der Waals surface area contributed by atoms with Gasteiger partial charge in [-0.25, -0.2) is 4.98 Å². The highest BCUT2D eigenvalue weighted by molar-refractivity contribution is 5.90. The molecular formula is C28H37N3O3. The number of imidazole rings is 1. The van der Waals surface area contributed by atoms with E-state index in [1.807, 2.05) is 41.0 Å². The fourth-order valence-corrected chi connectivity index (χ4v) is 4.05. The van der Waals surface area contributed by atoms with Crippen molar-refractivity contribution in [2.75, 3.05) is 6.61 Å². The van der Waals surface area contributed by atoms with E-state index in [2.05, 4.69) is 37.0 Å². The Kier molecular flexibility index (Phi) is 10.2. The SMILES string of the molecule is CCCCCCOc1ccccc1CC[C@H]([C@H](C)OCc1ccccc1)n1cnc(C(N)=O)c1. The molecule has 0 saturated carbocycles. The van der Waals surface area contributed by atoms with E-state index in [0.717, 1.165) is 37.2 Å². The lowest BCUT2D eigenvalue weighted by molar-refractivity contribution is 0.0148. The lowest BCUT2D eigenvalue weighted by atomic mass is 10.0. The van der Waals surface area contributed by atoms with Crippen LogP contribution in [0.1, 0.15) is 73.6 Å². The van der Waals surface area contributed by atoms with Crippen LogP contribution in [0.3, 0.4) is 0 Å². The Morgan fingerprint density at radius 2 is 1.82 bits per heavy atom. The van der Waals surface area contributed by atoms with Crippen molar-refractivity contribution >= 4 is 5.91 Å². The van der Waals surface area contributed by atoms with Crippen molar-refractivity contribution < 1.29 is 14.3 Å². The van der Waals surface area contributed by atoms with Crippen LogP contribution < -0.4 is 10.5 Å². The van der Waals surface area contributed by atoms with Crippen molar-refractivity contribution in [3.8, 4) is 5.75 Å². The Morgan fingerprint density at radius 1 is 1.06 bits per heavy atom. The molecule has 0 radical (unpaired) electrons. The van der Waals surface area contributed by atoms with Crippen LogP contribution in [0, 0.1) is 0 Å². The third-order valence-corrected chi connectivity index (χ3v) is 6.07. The molecule has 0 aliphatic heterocycles. The Labute approximate surface area is 203 Å². The highest BCUT2D eigenvalue weighted by Crippen LogP contribution is 2.27. The Balaban J connectivity index is 1.68. The van der Waals surface area contributed by atoms with Crippen molar-refractivity contribution in [1.29, 1.82) is 0 Å². The number of carbonyl (C=O) groups is 1. The number of aromatic nitrogens is 2. The van der Waals surface area contributed by atoms with Crippen molar-refractivity contribution in [1.82, 2.24) is 9.55 Å². The topological polar surface area (TPSA) is 79.4 Å². The normalized spacial score (nSPS) is 12.9. The zero-order valence-electron chi connectivity index (χ0n) is 20.4. The summed E-state index contributed by atoms with van der Waals surface area (Å²) in [4.78, 5) is 15.8. The van der Waals surface area contributed by atoms with Crippen LogP contribution >= 0.6 is 0 Å². The molecule has 2 atom stereocenters. The number of primary amides is 1. The van der Waals surface area contributed by atoms with Gasteiger partial charge in [0, 0.05) is 6.20 Å². The predicted molar refractivity (Wildman–Crippen MR) is 135 cm³/mol. The fourth-order valence-electron chi connectivity index (χ4n) is 4.05. The number of nitrogens with two attached hydrogens (primary N) is 1. The third-order valence-electron chi connectivity index (χ3n) is 6.07. The molecule has 6 nitrogen and oxygen atoms in total. The van der Waals surface area contributed by atoms with Gasteiger partial charge in [0.1, 0.15) is 11.4 Å². The molecule has 3 aromatic rings. The summed E-state index contributed by atoms with van der Waals surface area (Å²) in [7, 11) is 0. The summed E-state index contributed by atoms with van der Waals surface area (Å²) in [5.74, 6) is 0.413. The van der Waals surface area contributed by atoms with Gasteiger partial charge in [-0.1, -0.05) is 74.7 Å². The number of unbranched alkanes of at least 4 members (excludes halogenated alkanes) is 3. The smallest absolute Gasteiger partial charge is 0.268 e. The molecule has 3 rings (SSSR count). The summed E-state index contributed by atoms with van der Waals surface area (Å²) < 4.78 is 14.3. The minimum Gasteiger partial charge on any atom is -0.493 e. The molecule has 34 heavy (non-hydrogen) atoms. The number of ether oxygens (including phenoxy) is 2. The predicted octanol–water partition coefficient (Wildman–Crippen LogP) is 5.72. The van der Waals surface area contributed by atoms with E-state index in [9.17, 15) is 4.79 Å². The number of carbonyl (C=O) groups excluding carboxylic acids is 1. The van der Waals surface area contributed by atoms with Crippen LogP contribution in [-0.2, 0) is 17.8 Å². The van der Waals surface area contributed by atoms with E-state index in [4.69, 9.17) is 15.2 Å². The zero-order valence-corrected chi connectivity index (χ0v) is 20.4. The minimum absolute atomic E-state index is 0.0121. The van der Waals surface area contributed by atoms with Gasteiger partial charge in [0.05, 0.1) is 31.7 Å². The average Bonchev–Trinajstić information content (AvgIpc) is 3.34. The third kappa shape index (κ3) is 7.73. The second-order valence-corrected chi connectivity index (χ2v) is 8.69. The number of para-hydroxylation sites is 1. The van der Waals surface area contributed by atoms with Gasteiger partial charge in [0.25, 0.3) is 5.91 Å². The summed E-state index contributed by atoms with van der Waals surface area (Å²) in [5, 5.41) is 0. The summed E-state index contributed by atoms with van der Waals surface area (Å²) in [5.41, 5.74) is 8.00. The number of benzene rings is 2. The van der Waals surface area contributed by atoms with Crippen LogP contribution in [0.4, 0.5) is 0 Å². The lowest BCUT2D eigenvalue weighted by Gasteiger charge is -2.26. The van der Waals surface area contributed by atoms with Crippen LogP contribution in [0.2, 0.25) is 0 Å². The molecule has 0 fully saturated rings. The number of rotatable bonds is 15. The van der Waals surface area contributed by atoms with Crippen LogP contribution in [-0.4, -0.2) is 28.2 Å². The molecule has 2 N–H and O–H groups in total. The van der Waals surface area contributed by atoms with E-state index in [1.54, 1.807) is 12.5 Å². The fraction of sp³-hybridized carbons (Fsp3) is 0.429. The van der Waals surface area contributed by atoms with Gasteiger partial charge in [-0.3, -0.25) is 4.79 Å². The standard InChI is InChI=1S/C28H37N3O3/c1-3-4-5-11-18-33-27-15-10-9-14-24(27)16-17-26(31-19-25(28(29)32)30-21-31)22(2)34-20-23-12-7-6-8-13-23/h6-10,12-15,19,21-22,26H,3-5,11,16-18,20H2,1-2H3,(H2,29,32)/t22-,26+/m0/s1. The van der Waals surface area contributed by atoms with E-state index < -0.39 is 5.91 Å². The second kappa shape index (κ2) is 13.6. The molecule has 0 saturated heterocycles. The molecule has 182 valence electrons. The van der Waals surface area contributed by atoms with Crippen molar-refractivity contribution in [3.05, 3.63) is 83.9 Å². The van der Waals surface area contributed by atoms with Crippen molar-refractivity contribution in [2.45, 2.75) is 71.1 Å². The van der Waals surface area contributed by atoms with E-state index in [1.165, 1.54) is 24.8 Å². The monoisotopic (exact) mass is 463 g/mol. The van der Waals surface area contributed by atoms with E-state index in [-0.39, 0.29) is 17.8 Å². The van der Waals surface area contributed by atoms with Gasteiger partial charge < -0.3 is 19.8 Å². The first-order valence-electron chi connectivity index (χ1n) is 12.3. The number of hydrogen-bond donors (Lipinski definition) is 1. The van der Waals surface area contributed by atoms with Crippen LogP contribution in [0.25, 0.3) is 0 Å². The Bertz CT molecular complexity index is 1000. The van der Waals surface area contributed by atoms with Crippen molar-refractivity contribution in [3.63, 3.8) is 0 Å². The van der Waals surface area contributed by atoms with Gasteiger partial charge in [-0.05, 0) is 43.4 Å². The molecule has 0 spiro atoms. The van der Waals surface area contributed by atoms with Crippen molar-refractivity contribution in [2.24, 2.45) is 5.73 Å². The molecule has 0 unspecified atom stereocenters. The van der Waals surface area contributed by atoms with Gasteiger partial charge in [0.2, 0.25) is 0 Å². The van der Waals surface area contributed by atoms with Gasteiger partial charge in [0.15, 0.2) is 0 Å². The number of hydrogen-bond acceptors (Lipinski definition) is 4. The van der Waals surface area contributed by atoms with Gasteiger partial charge >= 0.3 is 0 Å². The first-order valence-corrected chi connectivity index (χ1v) is 12.3. The van der Waals surface area contributed by atoms with Crippen LogP contribution in [0.15, 0.2) is 67.1 Å². The lowest BCUT2D eigenvalue weighted by Crippen LogP contribution is -2.24. The highest BCUT2D eigenvalue weighted by Gasteiger charge is 2.22. The molecule has 6 heteroatoms. The summed E-state index contributed by atoms with van der Waals surface area (Å²) in [6.07, 6.45) is 9.63. The highest BCUT2D eigenvalue weighted by atomic mass is 16.5. The molecule has 0 aliphatic carbocycles. The maximum absolute atomic E-state index is 11.6. The molecule has 0 bridgehead atoms. The maximum atomic E-state index is 11.6. The maximum Gasteiger partial charge on any atom is 0.268 e. The Morgan fingerprint density at radius 3 is 2.56 bits per heavy atom. The van der Waals surface area contributed by atoms with Gasteiger partial charge in [-0.15, -0.1) is 0 Å². The van der Waals surface area contributed by atoms with E-state index >= 15 is 0 Å². The quantitative estimate of drug-likeness (QED) is 0.292. The number of aryl methyl sites for hydroxylation is 1. The molecule has 2 aromatic carbocycles. The molecule has 1 amide bonds. The molecule has 1 heterocycles. The van der Waals surface area contributed by atoms with Gasteiger partial charge in [-0.2, -0.15) is 0 Å². The first kappa shape index (κ1) is 25.5. The summed E-state index contributed by atoms with van der Waals surface area (Å²) in [6, 6.07) is 18.3. The number of amides is 1. The number of nitrogens with zero attached hydrogens (tertiary/aromatic N) is 2. The zero-order chi connectivity index (χ0) is 24.2. The van der Waals surface area contributed by atoms with Crippen LogP contribution in [0.5, 0.6) is 5.75 Å². The summed E-state index contributed by atoms with van der Waals surface area (Å²) in [6.45, 7) is 5.53.